The second kappa shape index (κ2) is 7.63. The lowest BCUT2D eigenvalue weighted by atomic mass is 9.94. The Kier molecular flexibility index (Phi) is 5.73. The fourth-order valence-electron chi connectivity index (χ4n) is 3.12. The van der Waals surface area contributed by atoms with Crippen LogP contribution < -0.4 is 0 Å². The maximum Gasteiger partial charge on any atom is 0.306 e. The van der Waals surface area contributed by atoms with Crippen LogP contribution >= 0.6 is 46.1 Å². The number of carbonyl (C=O) groups is 1. The summed E-state index contributed by atoms with van der Waals surface area (Å²) in [5.74, 6) is -0.970. The first-order valence-corrected chi connectivity index (χ1v) is 9.58. The van der Waals surface area contributed by atoms with E-state index in [0.717, 1.165) is 27.9 Å². The average molecular weight is 405 g/mol. The molecule has 0 bridgehead atoms. The maximum absolute atomic E-state index is 11.2. The van der Waals surface area contributed by atoms with Gasteiger partial charge in [0.15, 0.2) is 0 Å². The maximum atomic E-state index is 11.2. The van der Waals surface area contributed by atoms with Gasteiger partial charge in [-0.05, 0) is 55.8 Å². The van der Waals surface area contributed by atoms with Crippen molar-refractivity contribution in [3.63, 3.8) is 0 Å². The van der Waals surface area contributed by atoms with Crippen LogP contribution in [0.15, 0.2) is 30.3 Å². The van der Waals surface area contributed by atoms with E-state index in [9.17, 15) is 9.90 Å². The van der Waals surface area contributed by atoms with Crippen LogP contribution in [0.2, 0.25) is 14.4 Å². The van der Waals surface area contributed by atoms with Gasteiger partial charge < -0.3 is 5.11 Å². The Labute approximate surface area is 159 Å². The highest BCUT2D eigenvalue weighted by atomic mass is 35.5. The number of halogens is 3. The predicted octanol–water partition coefficient (Wildman–Crippen LogP) is 5.59. The summed E-state index contributed by atoms with van der Waals surface area (Å²) in [6, 6.07) is 9.55. The number of piperidine rings is 1. The van der Waals surface area contributed by atoms with E-state index in [0.29, 0.717) is 22.9 Å². The number of carboxylic acid groups (broad SMARTS) is 1. The zero-order chi connectivity index (χ0) is 17.3. The normalized spacial score (nSPS) is 17.8. The Bertz CT molecular complexity index is 741. The predicted molar refractivity (Wildman–Crippen MR) is 99.6 cm³/mol. The van der Waals surface area contributed by atoms with Gasteiger partial charge in [-0.1, -0.05) is 40.9 Å². The molecule has 1 atom stereocenters. The van der Waals surface area contributed by atoms with Crippen LogP contribution in [0.1, 0.15) is 29.3 Å². The van der Waals surface area contributed by atoms with Gasteiger partial charge in [0, 0.05) is 4.88 Å². The first kappa shape index (κ1) is 18.0. The topological polar surface area (TPSA) is 40.5 Å². The Hall–Kier alpha value is -0.780. The van der Waals surface area contributed by atoms with Gasteiger partial charge in [0.2, 0.25) is 0 Å². The van der Waals surface area contributed by atoms with Crippen LogP contribution in [0.5, 0.6) is 0 Å². The monoisotopic (exact) mass is 403 g/mol. The van der Waals surface area contributed by atoms with Crippen molar-refractivity contribution in [3.8, 4) is 0 Å². The van der Waals surface area contributed by atoms with E-state index >= 15 is 0 Å². The Morgan fingerprint density at radius 3 is 2.38 bits per heavy atom. The van der Waals surface area contributed by atoms with Crippen molar-refractivity contribution >= 4 is 52.1 Å². The van der Waals surface area contributed by atoms with Crippen LogP contribution in [0, 0.1) is 5.92 Å². The summed E-state index contributed by atoms with van der Waals surface area (Å²) in [6.07, 6.45) is 1.29. The molecule has 128 valence electrons. The highest BCUT2D eigenvalue weighted by Crippen LogP contribution is 2.39. The second-order valence-electron chi connectivity index (χ2n) is 5.87. The quantitative estimate of drug-likeness (QED) is 0.721. The Balaban J connectivity index is 1.91. The molecule has 1 fully saturated rings. The summed E-state index contributed by atoms with van der Waals surface area (Å²) in [6.45, 7) is 1.44. The second-order valence-corrected chi connectivity index (χ2v) is 8.43. The van der Waals surface area contributed by atoms with Crippen molar-refractivity contribution in [2.24, 2.45) is 5.92 Å². The number of aliphatic carboxylic acids is 1. The summed E-state index contributed by atoms with van der Waals surface area (Å²) in [5, 5.41) is 10.2. The van der Waals surface area contributed by atoms with E-state index in [2.05, 4.69) is 4.90 Å². The number of hydrogen-bond donors (Lipinski definition) is 1. The molecule has 0 saturated carbocycles. The van der Waals surface area contributed by atoms with Gasteiger partial charge >= 0.3 is 5.97 Å². The molecular weight excluding hydrogens is 389 g/mol. The van der Waals surface area contributed by atoms with Crippen LogP contribution in [0.25, 0.3) is 0 Å². The van der Waals surface area contributed by atoms with E-state index in [1.807, 2.05) is 24.3 Å². The molecular formula is C17H16Cl3NO2S. The molecule has 1 aliphatic heterocycles. The molecule has 1 aromatic carbocycles. The van der Waals surface area contributed by atoms with Gasteiger partial charge in [-0.3, -0.25) is 9.69 Å². The third kappa shape index (κ3) is 3.89. The number of carboxylic acids is 1. The van der Waals surface area contributed by atoms with Crippen LogP contribution in [-0.2, 0) is 4.79 Å². The molecule has 7 heteroatoms. The van der Waals surface area contributed by atoms with Crippen LogP contribution in [-0.4, -0.2) is 29.1 Å². The number of rotatable bonds is 4. The van der Waals surface area contributed by atoms with E-state index < -0.39 is 5.97 Å². The van der Waals surface area contributed by atoms with Gasteiger partial charge in [0.05, 0.1) is 26.3 Å². The smallest absolute Gasteiger partial charge is 0.306 e. The lowest BCUT2D eigenvalue weighted by Crippen LogP contribution is -2.39. The molecule has 1 aliphatic rings. The van der Waals surface area contributed by atoms with Crippen molar-refractivity contribution in [3.05, 3.63) is 55.2 Å². The van der Waals surface area contributed by atoms with Crippen molar-refractivity contribution in [1.82, 2.24) is 4.90 Å². The largest absolute Gasteiger partial charge is 0.481 e. The van der Waals surface area contributed by atoms with Crippen molar-refractivity contribution in [2.75, 3.05) is 13.1 Å². The molecule has 0 spiro atoms. The minimum Gasteiger partial charge on any atom is -0.481 e. The van der Waals surface area contributed by atoms with Gasteiger partial charge in [-0.15, -0.1) is 11.3 Å². The van der Waals surface area contributed by atoms with E-state index in [4.69, 9.17) is 34.8 Å². The molecule has 0 aliphatic carbocycles. The van der Waals surface area contributed by atoms with Crippen LogP contribution in [0.4, 0.5) is 0 Å². The highest BCUT2D eigenvalue weighted by Gasteiger charge is 2.31. The molecule has 1 saturated heterocycles. The minimum atomic E-state index is -0.708. The number of benzene rings is 1. The molecule has 3 nitrogen and oxygen atoms in total. The average Bonchev–Trinajstić information content (AvgIpc) is 2.97. The Morgan fingerprint density at radius 1 is 1.12 bits per heavy atom. The van der Waals surface area contributed by atoms with Gasteiger partial charge in [0.1, 0.15) is 0 Å². The minimum absolute atomic E-state index is 0.00649. The molecule has 3 rings (SSSR count). The first-order valence-electron chi connectivity index (χ1n) is 7.62. The van der Waals surface area contributed by atoms with Gasteiger partial charge in [0.25, 0.3) is 0 Å². The molecule has 24 heavy (non-hydrogen) atoms. The van der Waals surface area contributed by atoms with Crippen molar-refractivity contribution < 1.29 is 9.90 Å². The molecule has 0 amide bonds. The van der Waals surface area contributed by atoms with E-state index in [1.54, 1.807) is 6.07 Å². The molecule has 1 unspecified atom stereocenters. The van der Waals surface area contributed by atoms with Gasteiger partial charge in [-0.25, -0.2) is 0 Å². The summed E-state index contributed by atoms with van der Waals surface area (Å²) >= 11 is 19.9. The van der Waals surface area contributed by atoms with Gasteiger partial charge in [-0.2, -0.15) is 0 Å². The standard InChI is InChI=1S/C17H16Cl3NO2S/c18-12-2-1-11(9-13(12)19)16(14-3-4-15(20)24-14)21-7-5-10(6-8-21)17(22)23/h1-4,9-10,16H,5-8H2,(H,22,23). The SMILES string of the molecule is O=C(O)C1CCN(C(c2ccc(Cl)c(Cl)c2)c2ccc(Cl)s2)CC1. The lowest BCUT2D eigenvalue weighted by Gasteiger charge is -2.36. The third-order valence-electron chi connectivity index (χ3n) is 4.37. The summed E-state index contributed by atoms with van der Waals surface area (Å²) in [7, 11) is 0. The Morgan fingerprint density at radius 2 is 1.83 bits per heavy atom. The summed E-state index contributed by atoms with van der Waals surface area (Å²) in [4.78, 5) is 14.6. The number of hydrogen-bond acceptors (Lipinski definition) is 3. The van der Waals surface area contributed by atoms with Crippen molar-refractivity contribution in [2.45, 2.75) is 18.9 Å². The molecule has 0 radical (unpaired) electrons. The van der Waals surface area contributed by atoms with E-state index in [1.165, 1.54) is 11.3 Å². The number of likely N-dealkylation sites (tertiary alicyclic amines) is 1. The fourth-order valence-corrected chi connectivity index (χ4v) is 4.65. The number of thiophene rings is 1. The highest BCUT2D eigenvalue weighted by molar-refractivity contribution is 7.16. The molecule has 2 aromatic rings. The lowest BCUT2D eigenvalue weighted by molar-refractivity contribution is -0.143. The zero-order valence-corrected chi connectivity index (χ0v) is 15.8. The molecule has 1 N–H and O–H groups in total. The third-order valence-corrected chi connectivity index (χ3v) is 6.39. The number of nitrogens with zero attached hydrogens (tertiary/aromatic N) is 1. The summed E-state index contributed by atoms with van der Waals surface area (Å²) < 4.78 is 0.732. The molecule has 1 aromatic heterocycles. The van der Waals surface area contributed by atoms with Crippen LogP contribution in [0.3, 0.4) is 0 Å². The molecule has 2 heterocycles. The first-order chi connectivity index (χ1) is 11.5. The zero-order valence-electron chi connectivity index (χ0n) is 12.7. The summed E-state index contributed by atoms with van der Waals surface area (Å²) in [5.41, 5.74) is 1.04. The fraction of sp³-hybridized carbons (Fsp3) is 0.353. The van der Waals surface area contributed by atoms with E-state index in [-0.39, 0.29) is 12.0 Å². The van der Waals surface area contributed by atoms with Crippen molar-refractivity contribution in [1.29, 1.82) is 0 Å².